The van der Waals surface area contributed by atoms with Crippen molar-refractivity contribution in [3.8, 4) is 5.75 Å². The Morgan fingerprint density at radius 3 is 2.42 bits per heavy atom. The Morgan fingerprint density at radius 2 is 1.61 bits per heavy atom. The average Bonchev–Trinajstić information content (AvgIpc) is 3.31. The highest BCUT2D eigenvalue weighted by molar-refractivity contribution is 5.97. The van der Waals surface area contributed by atoms with E-state index >= 15 is 0 Å². The SMILES string of the molecule is CCN1CCCCCCCCO[C@@H]2CN(C(=O)CCC3CCCCC3)C[C@H]2Oc2ccccc2C1=O. The number of hydrogen-bond donors (Lipinski definition) is 0. The molecule has 1 aromatic carbocycles. The Kier molecular flexibility index (Phi) is 10.5. The summed E-state index contributed by atoms with van der Waals surface area (Å²) in [4.78, 5) is 30.4. The second-order valence-electron chi connectivity index (χ2n) is 10.9. The minimum atomic E-state index is -0.263. The molecule has 36 heavy (non-hydrogen) atoms. The van der Waals surface area contributed by atoms with Crippen LogP contribution in [0.2, 0.25) is 0 Å². The molecule has 1 aromatic rings. The van der Waals surface area contributed by atoms with Gasteiger partial charge in [-0.3, -0.25) is 9.59 Å². The molecule has 1 saturated heterocycles. The van der Waals surface area contributed by atoms with Crippen molar-refractivity contribution in [3.05, 3.63) is 29.8 Å². The zero-order valence-corrected chi connectivity index (χ0v) is 22.3. The molecule has 0 radical (unpaired) electrons. The molecule has 0 N–H and O–H groups in total. The minimum absolute atomic E-state index is 0.0241. The first-order valence-corrected chi connectivity index (χ1v) is 14.6. The van der Waals surface area contributed by atoms with Gasteiger partial charge in [-0.1, -0.05) is 69.9 Å². The molecule has 4 rings (SSSR count). The van der Waals surface area contributed by atoms with Crippen LogP contribution >= 0.6 is 0 Å². The summed E-state index contributed by atoms with van der Waals surface area (Å²) in [6.45, 7) is 5.30. The maximum Gasteiger partial charge on any atom is 0.257 e. The lowest BCUT2D eigenvalue weighted by Crippen LogP contribution is -2.35. The molecule has 0 unspecified atom stereocenters. The van der Waals surface area contributed by atoms with Crippen LogP contribution in [0.3, 0.4) is 0 Å². The van der Waals surface area contributed by atoms with Crippen molar-refractivity contribution in [2.24, 2.45) is 5.92 Å². The highest BCUT2D eigenvalue weighted by Crippen LogP contribution is 2.29. The maximum atomic E-state index is 13.4. The standard InChI is InChI=1S/C30H46N2O4/c1-2-31-20-12-5-3-4-6-13-21-35-27-22-32(29(33)19-18-24-14-8-7-9-15-24)23-28(27)36-26-17-11-10-16-25(26)30(31)34/h10-11,16-17,24,27-28H,2-9,12-15,18-23H2,1H3/t27-,28-/m1/s1. The van der Waals surface area contributed by atoms with Crippen molar-refractivity contribution in [2.45, 2.75) is 103 Å². The molecule has 1 aliphatic carbocycles. The normalized spacial score (nSPS) is 25.2. The highest BCUT2D eigenvalue weighted by Gasteiger charge is 2.38. The molecule has 2 fully saturated rings. The summed E-state index contributed by atoms with van der Waals surface area (Å²) in [7, 11) is 0. The fourth-order valence-electron chi connectivity index (χ4n) is 6.01. The van der Waals surface area contributed by atoms with Crippen molar-refractivity contribution in [1.82, 2.24) is 9.80 Å². The highest BCUT2D eigenvalue weighted by atomic mass is 16.5. The van der Waals surface area contributed by atoms with Gasteiger partial charge in [-0.25, -0.2) is 0 Å². The molecule has 2 amide bonds. The number of fused-ring (bicyclic) bond motifs is 2. The second kappa shape index (κ2) is 14.0. The van der Waals surface area contributed by atoms with Gasteiger partial charge in [-0.15, -0.1) is 0 Å². The van der Waals surface area contributed by atoms with Crippen LogP contribution in [0.5, 0.6) is 5.75 Å². The van der Waals surface area contributed by atoms with Gasteiger partial charge in [-0.2, -0.15) is 0 Å². The number of amides is 2. The molecule has 3 aliphatic rings. The van der Waals surface area contributed by atoms with E-state index in [4.69, 9.17) is 9.47 Å². The minimum Gasteiger partial charge on any atom is -0.485 e. The topological polar surface area (TPSA) is 59.1 Å². The molecule has 0 spiro atoms. The lowest BCUT2D eigenvalue weighted by molar-refractivity contribution is -0.131. The molecule has 0 bridgehead atoms. The summed E-state index contributed by atoms with van der Waals surface area (Å²) < 4.78 is 12.8. The van der Waals surface area contributed by atoms with E-state index in [2.05, 4.69) is 0 Å². The van der Waals surface area contributed by atoms with Gasteiger partial charge in [-0.05, 0) is 44.2 Å². The van der Waals surface area contributed by atoms with Crippen LogP contribution in [0.4, 0.5) is 0 Å². The van der Waals surface area contributed by atoms with Gasteiger partial charge in [0.25, 0.3) is 5.91 Å². The Hall–Kier alpha value is -2.08. The fourth-order valence-corrected chi connectivity index (χ4v) is 6.01. The third-order valence-electron chi connectivity index (χ3n) is 8.28. The van der Waals surface area contributed by atoms with E-state index in [-0.39, 0.29) is 24.0 Å². The van der Waals surface area contributed by atoms with E-state index in [1.807, 2.05) is 41.0 Å². The van der Waals surface area contributed by atoms with E-state index in [1.165, 1.54) is 44.9 Å². The number of nitrogens with zero attached hydrogens (tertiary/aromatic N) is 2. The predicted molar refractivity (Wildman–Crippen MR) is 142 cm³/mol. The van der Waals surface area contributed by atoms with Crippen molar-refractivity contribution < 1.29 is 19.1 Å². The number of rotatable bonds is 4. The van der Waals surface area contributed by atoms with E-state index < -0.39 is 0 Å². The smallest absolute Gasteiger partial charge is 0.257 e. The summed E-state index contributed by atoms with van der Waals surface area (Å²) in [6.07, 6.45) is 14.4. The molecular formula is C30H46N2O4. The van der Waals surface area contributed by atoms with Gasteiger partial charge >= 0.3 is 0 Å². The zero-order valence-electron chi connectivity index (χ0n) is 22.3. The molecule has 200 valence electrons. The van der Waals surface area contributed by atoms with Crippen molar-refractivity contribution in [2.75, 3.05) is 32.8 Å². The summed E-state index contributed by atoms with van der Waals surface area (Å²) in [5, 5.41) is 0. The van der Waals surface area contributed by atoms with Gasteiger partial charge in [0.05, 0.1) is 18.7 Å². The summed E-state index contributed by atoms with van der Waals surface area (Å²) in [5.74, 6) is 1.54. The molecule has 2 atom stereocenters. The first-order valence-electron chi connectivity index (χ1n) is 14.6. The van der Waals surface area contributed by atoms with Crippen LogP contribution in [-0.4, -0.2) is 66.6 Å². The van der Waals surface area contributed by atoms with Gasteiger partial charge < -0.3 is 19.3 Å². The third kappa shape index (κ3) is 7.47. The van der Waals surface area contributed by atoms with E-state index in [1.54, 1.807) is 0 Å². The molecule has 2 aliphatic heterocycles. The lowest BCUT2D eigenvalue weighted by atomic mass is 9.86. The molecule has 2 heterocycles. The molecule has 6 heteroatoms. The number of carbonyl (C=O) groups excluding carboxylic acids is 2. The maximum absolute atomic E-state index is 13.4. The summed E-state index contributed by atoms with van der Waals surface area (Å²) in [6, 6.07) is 7.56. The number of carbonyl (C=O) groups is 2. The molecule has 1 saturated carbocycles. The van der Waals surface area contributed by atoms with Crippen LogP contribution in [0, 0.1) is 5.92 Å². The Morgan fingerprint density at radius 1 is 0.917 bits per heavy atom. The fraction of sp³-hybridized carbons (Fsp3) is 0.733. The Bertz CT molecular complexity index is 838. The quantitative estimate of drug-likeness (QED) is 0.523. The number of ether oxygens (including phenoxy) is 2. The van der Waals surface area contributed by atoms with Crippen molar-refractivity contribution >= 4 is 11.8 Å². The molecular weight excluding hydrogens is 452 g/mol. The Labute approximate surface area is 217 Å². The van der Waals surface area contributed by atoms with Gasteiger partial charge in [0, 0.05) is 26.1 Å². The van der Waals surface area contributed by atoms with Gasteiger partial charge in [0.2, 0.25) is 5.91 Å². The van der Waals surface area contributed by atoms with Crippen LogP contribution in [0.25, 0.3) is 0 Å². The molecule has 6 nitrogen and oxygen atoms in total. The van der Waals surface area contributed by atoms with E-state index in [0.29, 0.717) is 49.9 Å². The first kappa shape index (κ1) is 27.0. The summed E-state index contributed by atoms with van der Waals surface area (Å²) >= 11 is 0. The largest absolute Gasteiger partial charge is 0.485 e. The predicted octanol–water partition coefficient (Wildman–Crippen LogP) is 5.84. The number of likely N-dealkylation sites (tertiary alicyclic amines) is 1. The van der Waals surface area contributed by atoms with Gasteiger partial charge in [0.15, 0.2) is 0 Å². The van der Waals surface area contributed by atoms with Crippen LogP contribution in [0.1, 0.15) is 101 Å². The summed E-state index contributed by atoms with van der Waals surface area (Å²) in [5.41, 5.74) is 0.604. The number of para-hydroxylation sites is 1. The zero-order chi connectivity index (χ0) is 25.2. The van der Waals surface area contributed by atoms with Gasteiger partial charge in [0.1, 0.15) is 18.0 Å². The third-order valence-corrected chi connectivity index (χ3v) is 8.28. The van der Waals surface area contributed by atoms with E-state index in [9.17, 15) is 9.59 Å². The monoisotopic (exact) mass is 498 g/mol. The second-order valence-corrected chi connectivity index (χ2v) is 10.9. The van der Waals surface area contributed by atoms with Crippen molar-refractivity contribution in [1.29, 1.82) is 0 Å². The van der Waals surface area contributed by atoms with Crippen LogP contribution in [0.15, 0.2) is 24.3 Å². The Balaban J connectivity index is 1.46. The molecule has 0 aromatic heterocycles. The number of hydrogen-bond acceptors (Lipinski definition) is 4. The van der Waals surface area contributed by atoms with Crippen molar-refractivity contribution in [3.63, 3.8) is 0 Å². The average molecular weight is 499 g/mol. The first-order chi connectivity index (χ1) is 17.7. The lowest BCUT2D eigenvalue weighted by Gasteiger charge is -2.25. The van der Waals surface area contributed by atoms with Crippen LogP contribution in [-0.2, 0) is 9.53 Å². The number of benzene rings is 1. The van der Waals surface area contributed by atoms with Crippen LogP contribution < -0.4 is 4.74 Å². The van der Waals surface area contributed by atoms with E-state index in [0.717, 1.165) is 38.6 Å².